The number of likely N-dealkylation sites (tertiary alicyclic amines) is 1. The zero-order valence-corrected chi connectivity index (χ0v) is 10.5. The molecule has 1 unspecified atom stereocenters. The second kappa shape index (κ2) is 3.92. The van der Waals surface area contributed by atoms with E-state index in [1.807, 2.05) is 24.3 Å². The maximum absolute atomic E-state index is 12.2. The van der Waals surface area contributed by atoms with Crippen molar-refractivity contribution in [3.05, 3.63) is 58.8 Å². The fraction of sp³-hybridized carbons (Fsp3) is 0.250. The fourth-order valence-corrected chi connectivity index (χ4v) is 3.21. The van der Waals surface area contributed by atoms with Gasteiger partial charge in [0.05, 0.1) is 5.36 Å². The molecule has 0 spiro atoms. The van der Waals surface area contributed by atoms with E-state index in [1.165, 1.54) is 5.70 Å². The third kappa shape index (κ3) is 1.51. The van der Waals surface area contributed by atoms with Crippen molar-refractivity contribution in [2.45, 2.75) is 12.8 Å². The van der Waals surface area contributed by atoms with Crippen molar-refractivity contribution < 1.29 is 4.79 Å². The predicted molar refractivity (Wildman–Crippen MR) is 72.3 cm³/mol. The lowest BCUT2D eigenvalue weighted by Crippen LogP contribution is -2.30. The summed E-state index contributed by atoms with van der Waals surface area (Å²) in [5.41, 5.74) is 2.04. The van der Waals surface area contributed by atoms with Crippen molar-refractivity contribution in [1.82, 2.24) is 4.90 Å². The number of benzene rings is 1. The van der Waals surface area contributed by atoms with Gasteiger partial charge in [-0.05, 0) is 25.0 Å². The van der Waals surface area contributed by atoms with Crippen LogP contribution in [0.3, 0.4) is 0 Å². The second-order valence-electron chi connectivity index (χ2n) is 5.18. The standard InChI is InChI=1S/C16H14N2O/c19-16-15(12-6-2-3-7-13(12)17-16)18-10-9-11-5-1-4-8-14(11)18/h1-4,6-8,11H,5,9-10H2. The highest BCUT2D eigenvalue weighted by atomic mass is 16.1. The van der Waals surface area contributed by atoms with Gasteiger partial charge in [0.1, 0.15) is 5.70 Å². The van der Waals surface area contributed by atoms with Gasteiger partial charge in [-0.3, -0.25) is 4.79 Å². The van der Waals surface area contributed by atoms with Crippen LogP contribution in [-0.4, -0.2) is 17.4 Å². The fourth-order valence-electron chi connectivity index (χ4n) is 3.21. The lowest BCUT2D eigenvalue weighted by Gasteiger charge is -2.23. The number of hydrogen-bond donors (Lipinski definition) is 0. The van der Waals surface area contributed by atoms with Crippen molar-refractivity contribution in [1.29, 1.82) is 0 Å². The summed E-state index contributed by atoms with van der Waals surface area (Å²) >= 11 is 0. The number of allylic oxidation sites excluding steroid dienone is 4. The lowest BCUT2D eigenvalue weighted by molar-refractivity contribution is -0.113. The van der Waals surface area contributed by atoms with Crippen LogP contribution in [0.2, 0.25) is 0 Å². The third-order valence-corrected chi connectivity index (χ3v) is 4.11. The summed E-state index contributed by atoms with van der Waals surface area (Å²) in [6.07, 6.45) is 8.64. The summed E-state index contributed by atoms with van der Waals surface area (Å²) in [4.78, 5) is 18.5. The molecule has 94 valence electrons. The van der Waals surface area contributed by atoms with E-state index in [0.29, 0.717) is 5.92 Å². The van der Waals surface area contributed by atoms with Crippen LogP contribution >= 0.6 is 0 Å². The molecule has 1 atom stereocenters. The van der Waals surface area contributed by atoms with E-state index < -0.39 is 0 Å². The SMILES string of the molecule is O=C1N=c2ccccc2=C1N1CCC2CC=CC=C21. The minimum absolute atomic E-state index is 0.0997. The molecule has 3 heteroatoms. The summed E-state index contributed by atoms with van der Waals surface area (Å²) in [5, 5.41) is 1.78. The van der Waals surface area contributed by atoms with E-state index in [2.05, 4.69) is 28.1 Å². The average molecular weight is 250 g/mol. The Morgan fingerprint density at radius 1 is 1.26 bits per heavy atom. The smallest absolute Gasteiger partial charge is 0.294 e. The van der Waals surface area contributed by atoms with Crippen molar-refractivity contribution in [2.75, 3.05) is 6.54 Å². The highest BCUT2D eigenvalue weighted by molar-refractivity contribution is 6.14. The molecule has 19 heavy (non-hydrogen) atoms. The molecular formula is C16H14N2O. The van der Waals surface area contributed by atoms with Crippen LogP contribution in [0, 0.1) is 5.92 Å². The molecule has 0 bridgehead atoms. The number of carbonyl (C=O) groups excluding carboxylic acids is 1. The monoisotopic (exact) mass is 250 g/mol. The van der Waals surface area contributed by atoms with E-state index in [1.54, 1.807) is 0 Å². The van der Waals surface area contributed by atoms with Crippen LogP contribution in [0.25, 0.3) is 5.70 Å². The molecule has 1 fully saturated rings. The van der Waals surface area contributed by atoms with Gasteiger partial charge >= 0.3 is 0 Å². The van der Waals surface area contributed by atoms with Gasteiger partial charge in [-0.25, -0.2) is 4.99 Å². The number of para-hydroxylation sites is 1. The van der Waals surface area contributed by atoms with Gasteiger partial charge in [-0.1, -0.05) is 30.4 Å². The maximum atomic E-state index is 12.2. The quantitative estimate of drug-likeness (QED) is 0.748. The number of rotatable bonds is 1. The maximum Gasteiger partial charge on any atom is 0.294 e. The molecule has 3 nitrogen and oxygen atoms in total. The van der Waals surface area contributed by atoms with Gasteiger partial charge in [0, 0.05) is 23.4 Å². The van der Waals surface area contributed by atoms with Gasteiger partial charge in [-0.2, -0.15) is 0 Å². The van der Waals surface area contributed by atoms with Crippen LogP contribution in [0.15, 0.2) is 53.2 Å². The van der Waals surface area contributed by atoms with Crippen LogP contribution in [0.1, 0.15) is 12.8 Å². The van der Waals surface area contributed by atoms with Crippen LogP contribution in [0.5, 0.6) is 0 Å². The Bertz CT molecular complexity index is 742. The molecule has 1 amide bonds. The summed E-state index contributed by atoms with van der Waals surface area (Å²) in [6, 6.07) is 7.79. The van der Waals surface area contributed by atoms with Crippen LogP contribution in [0.4, 0.5) is 0 Å². The molecule has 2 heterocycles. The molecule has 0 N–H and O–H groups in total. The number of amides is 1. The minimum atomic E-state index is -0.0997. The van der Waals surface area contributed by atoms with E-state index in [4.69, 9.17) is 0 Å². The first kappa shape index (κ1) is 10.7. The molecule has 1 saturated heterocycles. The number of nitrogens with zero attached hydrogens (tertiary/aromatic N) is 2. The first-order chi connectivity index (χ1) is 9.34. The summed E-state index contributed by atoms with van der Waals surface area (Å²) < 4.78 is 0. The van der Waals surface area contributed by atoms with Gasteiger partial charge in [0.15, 0.2) is 0 Å². The van der Waals surface area contributed by atoms with E-state index in [0.717, 1.165) is 35.7 Å². The molecule has 1 aliphatic carbocycles. The van der Waals surface area contributed by atoms with E-state index in [9.17, 15) is 4.79 Å². The summed E-state index contributed by atoms with van der Waals surface area (Å²) in [7, 11) is 0. The molecule has 3 aliphatic rings. The Kier molecular flexibility index (Phi) is 2.21. The van der Waals surface area contributed by atoms with Gasteiger partial charge < -0.3 is 4.90 Å². The van der Waals surface area contributed by atoms with E-state index >= 15 is 0 Å². The lowest BCUT2D eigenvalue weighted by atomic mass is 9.97. The zero-order valence-electron chi connectivity index (χ0n) is 10.5. The Morgan fingerprint density at radius 3 is 3.11 bits per heavy atom. The number of hydrogen-bond acceptors (Lipinski definition) is 2. The average Bonchev–Trinajstić information content (AvgIpc) is 2.98. The van der Waals surface area contributed by atoms with Crippen molar-refractivity contribution in [2.24, 2.45) is 10.9 Å². The molecule has 1 aromatic rings. The molecular weight excluding hydrogens is 236 g/mol. The normalized spacial score (nSPS) is 24.1. The Hall–Kier alpha value is -2.16. The number of carbonyl (C=O) groups is 1. The van der Waals surface area contributed by atoms with Crippen molar-refractivity contribution in [3.8, 4) is 0 Å². The topological polar surface area (TPSA) is 32.7 Å². The Morgan fingerprint density at radius 2 is 2.16 bits per heavy atom. The molecule has 0 aromatic heterocycles. The predicted octanol–water partition coefficient (Wildman–Crippen LogP) is 1.12. The first-order valence-electron chi connectivity index (χ1n) is 6.71. The minimum Gasteiger partial charge on any atom is -0.340 e. The Balaban J connectivity index is 1.91. The summed E-state index contributed by atoms with van der Waals surface area (Å²) in [5.74, 6) is 0.468. The molecule has 1 aromatic carbocycles. The highest BCUT2D eigenvalue weighted by Gasteiger charge is 2.33. The zero-order chi connectivity index (χ0) is 12.8. The summed E-state index contributed by atoms with van der Waals surface area (Å²) in [6.45, 7) is 0.920. The molecule has 0 radical (unpaired) electrons. The molecule has 0 saturated carbocycles. The van der Waals surface area contributed by atoms with Crippen LogP contribution < -0.4 is 10.6 Å². The largest absolute Gasteiger partial charge is 0.340 e. The first-order valence-corrected chi connectivity index (χ1v) is 6.71. The third-order valence-electron chi connectivity index (χ3n) is 4.11. The van der Waals surface area contributed by atoms with Crippen molar-refractivity contribution in [3.63, 3.8) is 0 Å². The molecule has 2 aliphatic heterocycles. The second-order valence-corrected chi connectivity index (χ2v) is 5.18. The molecule has 4 rings (SSSR count). The highest BCUT2D eigenvalue weighted by Crippen LogP contribution is 2.36. The van der Waals surface area contributed by atoms with Gasteiger partial charge in [0.25, 0.3) is 5.91 Å². The van der Waals surface area contributed by atoms with Gasteiger partial charge in [0.2, 0.25) is 0 Å². The Labute approximate surface area is 111 Å². The van der Waals surface area contributed by atoms with Crippen LogP contribution in [-0.2, 0) is 4.79 Å². The van der Waals surface area contributed by atoms with Crippen molar-refractivity contribution >= 4 is 11.6 Å². The van der Waals surface area contributed by atoms with Gasteiger partial charge in [-0.15, -0.1) is 0 Å². The number of fused-ring (bicyclic) bond motifs is 2. The van der Waals surface area contributed by atoms with E-state index in [-0.39, 0.29) is 5.91 Å².